The van der Waals surface area contributed by atoms with Crippen molar-refractivity contribution in [2.75, 3.05) is 19.1 Å². The Morgan fingerprint density at radius 3 is 2.54 bits per heavy atom. The van der Waals surface area contributed by atoms with E-state index in [0.29, 0.717) is 40.7 Å². The van der Waals surface area contributed by atoms with Crippen LogP contribution in [-0.2, 0) is 6.42 Å². The Morgan fingerprint density at radius 2 is 2.00 bits per heavy atom. The number of ether oxygens (including phenoxy) is 2. The van der Waals surface area contributed by atoms with Crippen molar-refractivity contribution < 1.29 is 23.8 Å². The summed E-state index contributed by atoms with van der Waals surface area (Å²) in [6.07, 6.45) is 1.06. The highest BCUT2D eigenvalue weighted by Crippen LogP contribution is 2.39. The van der Waals surface area contributed by atoms with Gasteiger partial charge in [0.25, 0.3) is 0 Å². The van der Waals surface area contributed by atoms with Crippen LogP contribution in [0.5, 0.6) is 11.5 Å². The zero-order valence-electron chi connectivity index (χ0n) is 16.9. The molecule has 0 aliphatic carbocycles. The number of nitrogens with zero attached hydrogens (tertiary/aromatic N) is 3. The molecule has 1 N–H and O–H groups in total. The van der Waals surface area contributed by atoms with Gasteiger partial charge in [-0.2, -0.15) is 9.61 Å². The minimum atomic E-state index is -1.06. The van der Waals surface area contributed by atoms with Gasteiger partial charge < -0.3 is 19.0 Å². The van der Waals surface area contributed by atoms with E-state index in [9.17, 15) is 9.90 Å². The van der Waals surface area contributed by atoms with Gasteiger partial charge in [-0.15, -0.1) is 0 Å². The fourth-order valence-electron chi connectivity index (χ4n) is 3.24. The lowest BCUT2D eigenvalue weighted by atomic mass is 10.1. The Kier molecular flexibility index (Phi) is 4.97. The van der Waals surface area contributed by atoms with E-state index in [1.54, 1.807) is 31.1 Å². The molecule has 1 amide bonds. The monoisotopic (exact) mass is 387 g/mol. The summed E-state index contributed by atoms with van der Waals surface area (Å²) in [5.74, 6) is 1.27. The second-order valence-electron chi connectivity index (χ2n) is 7.34. The first-order chi connectivity index (χ1) is 13.2. The van der Waals surface area contributed by atoms with Crippen LogP contribution in [0.3, 0.4) is 0 Å². The molecule has 0 fully saturated rings. The average molecular weight is 387 g/mol. The molecule has 8 heteroatoms. The number of fused-ring (bicyclic) bond motifs is 1. The molecule has 3 aromatic rings. The van der Waals surface area contributed by atoms with Gasteiger partial charge in [0, 0.05) is 17.2 Å². The van der Waals surface area contributed by atoms with Gasteiger partial charge in [-0.3, -0.25) is 4.90 Å². The van der Waals surface area contributed by atoms with Crippen LogP contribution in [0.15, 0.2) is 28.9 Å². The minimum absolute atomic E-state index is 0.377. The molecule has 0 bridgehead atoms. The largest absolute Gasteiger partial charge is 0.497 e. The number of rotatable bonds is 5. The van der Waals surface area contributed by atoms with E-state index in [0.717, 1.165) is 5.56 Å². The first-order valence-electron chi connectivity index (χ1n) is 8.97. The Balaban J connectivity index is 2.26. The molecule has 1 aromatic carbocycles. The topological polar surface area (TPSA) is 89.4 Å². The molecule has 2 aromatic heterocycles. The second kappa shape index (κ2) is 7.10. The number of carboxylic acid groups (broad SMARTS) is 1. The molecular weight excluding hydrogens is 362 g/mol. The number of benzene rings is 1. The Hall–Kier alpha value is -3.16. The van der Waals surface area contributed by atoms with Crippen LogP contribution in [0.25, 0.3) is 17.0 Å². The highest BCUT2D eigenvalue weighted by Gasteiger charge is 2.34. The Bertz CT molecular complexity index is 1010. The van der Waals surface area contributed by atoms with Crippen molar-refractivity contribution in [3.8, 4) is 22.8 Å². The average Bonchev–Trinajstić information content (AvgIpc) is 3.19. The second-order valence-corrected chi connectivity index (χ2v) is 7.34. The summed E-state index contributed by atoms with van der Waals surface area (Å²) in [6, 6.07) is 5.45. The lowest BCUT2D eigenvalue weighted by Crippen LogP contribution is -2.45. The lowest BCUT2D eigenvalue weighted by Gasteiger charge is -2.32. The number of hydrogen-bond acceptors (Lipinski definition) is 5. The molecule has 2 heterocycles. The third kappa shape index (κ3) is 3.15. The summed E-state index contributed by atoms with van der Waals surface area (Å²) in [5.41, 5.74) is 2.24. The van der Waals surface area contributed by atoms with Crippen molar-refractivity contribution in [3.63, 3.8) is 0 Å². The maximum Gasteiger partial charge on any atom is 0.412 e. The number of carbonyl (C=O) groups is 1. The van der Waals surface area contributed by atoms with E-state index < -0.39 is 11.6 Å². The molecule has 0 atom stereocenters. The Morgan fingerprint density at radius 1 is 1.29 bits per heavy atom. The normalized spacial score (nSPS) is 11.6. The third-order valence-corrected chi connectivity index (χ3v) is 4.50. The van der Waals surface area contributed by atoms with Gasteiger partial charge in [0.2, 0.25) is 5.71 Å². The maximum absolute atomic E-state index is 12.0. The standard InChI is InChI=1S/C20H25N3O5/c1-7-14-17(22(19(24)25)20(2,3)4)18-23(21-14)15(11-28-18)13-9-8-12(26-5)10-16(13)27-6/h8-11H,7H2,1-6H3,(H,24,25). The van der Waals surface area contributed by atoms with Gasteiger partial charge in [0.15, 0.2) is 0 Å². The fraction of sp³-hybridized carbons (Fsp3) is 0.400. The van der Waals surface area contributed by atoms with E-state index in [2.05, 4.69) is 5.10 Å². The van der Waals surface area contributed by atoms with Crippen molar-refractivity contribution in [2.45, 2.75) is 39.7 Å². The summed E-state index contributed by atoms with van der Waals surface area (Å²) in [7, 11) is 3.16. The van der Waals surface area contributed by atoms with Crippen LogP contribution in [-0.4, -0.2) is 40.6 Å². The highest BCUT2D eigenvalue weighted by molar-refractivity contribution is 5.93. The summed E-state index contributed by atoms with van der Waals surface area (Å²) in [5, 5.41) is 14.5. The maximum atomic E-state index is 12.0. The number of oxazole rings is 1. The number of methoxy groups -OCH3 is 2. The van der Waals surface area contributed by atoms with Crippen LogP contribution in [0.2, 0.25) is 0 Å². The van der Waals surface area contributed by atoms with Crippen LogP contribution in [0.1, 0.15) is 33.4 Å². The quantitative estimate of drug-likeness (QED) is 0.695. The third-order valence-electron chi connectivity index (χ3n) is 4.50. The molecule has 0 radical (unpaired) electrons. The van der Waals surface area contributed by atoms with Gasteiger partial charge in [0.1, 0.15) is 29.1 Å². The first kappa shape index (κ1) is 19.6. The van der Waals surface area contributed by atoms with Crippen molar-refractivity contribution in [3.05, 3.63) is 30.2 Å². The van der Waals surface area contributed by atoms with Crippen molar-refractivity contribution in [1.29, 1.82) is 0 Å². The van der Waals surface area contributed by atoms with E-state index in [1.807, 2.05) is 39.8 Å². The molecular formula is C20H25N3O5. The minimum Gasteiger partial charge on any atom is -0.497 e. The predicted molar refractivity (Wildman–Crippen MR) is 106 cm³/mol. The zero-order chi connectivity index (χ0) is 20.6. The van der Waals surface area contributed by atoms with Gasteiger partial charge in [0.05, 0.1) is 19.9 Å². The molecule has 28 heavy (non-hydrogen) atoms. The molecule has 0 saturated carbocycles. The van der Waals surface area contributed by atoms with E-state index >= 15 is 0 Å². The smallest absolute Gasteiger partial charge is 0.412 e. The summed E-state index contributed by atoms with van der Waals surface area (Å²) in [6.45, 7) is 7.43. The molecule has 3 rings (SSSR count). The Labute approximate surface area is 163 Å². The summed E-state index contributed by atoms with van der Waals surface area (Å²) < 4.78 is 18.2. The number of aryl methyl sites for hydroxylation is 1. The molecule has 0 aliphatic heterocycles. The molecule has 0 aliphatic rings. The number of aromatic nitrogens is 2. The first-order valence-corrected chi connectivity index (χ1v) is 8.97. The number of hydrogen-bond donors (Lipinski definition) is 1. The van der Waals surface area contributed by atoms with Gasteiger partial charge in [-0.1, -0.05) is 6.92 Å². The molecule has 8 nitrogen and oxygen atoms in total. The van der Waals surface area contributed by atoms with Crippen molar-refractivity contribution >= 4 is 17.5 Å². The van der Waals surface area contributed by atoms with Crippen LogP contribution < -0.4 is 14.4 Å². The van der Waals surface area contributed by atoms with Crippen LogP contribution >= 0.6 is 0 Å². The van der Waals surface area contributed by atoms with E-state index in [-0.39, 0.29) is 0 Å². The number of anilines is 1. The molecule has 0 unspecified atom stereocenters. The molecule has 0 spiro atoms. The van der Waals surface area contributed by atoms with Crippen LogP contribution in [0.4, 0.5) is 10.5 Å². The SMILES string of the molecule is CCc1nn2c(-c3ccc(OC)cc3OC)coc2c1N(C(=O)O)C(C)(C)C. The van der Waals surface area contributed by atoms with Crippen molar-refractivity contribution in [2.24, 2.45) is 0 Å². The fourth-order valence-corrected chi connectivity index (χ4v) is 3.24. The van der Waals surface area contributed by atoms with Crippen LogP contribution in [0, 0.1) is 0 Å². The summed E-state index contributed by atoms with van der Waals surface area (Å²) >= 11 is 0. The summed E-state index contributed by atoms with van der Waals surface area (Å²) in [4.78, 5) is 13.3. The molecule has 0 saturated heterocycles. The van der Waals surface area contributed by atoms with E-state index in [4.69, 9.17) is 13.9 Å². The van der Waals surface area contributed by atoms with Gasteiger partial charge in [-0.05, 0) is 39.3 Å². The van der Waals surface area contributed by atoms with E-state index in [1.165, 1.54) is 4.90 Å². The van der Waals surface area contributed by atoms with Crippen molar-refractivity contribution in [1.82, 2.24) is 9.61 Å². The highest BCUT2D eigenvalue weighted by atomic mass is 16.5. The number of amides is 1. The molecule has 150 valence electrons. The predicted octanol–water partition coefficient (Wildman–Crippen LogP) is 4.46. The van der Waals surface area contributed by atoms with Gasteiger partial charge >= 0.3 is 6.09 Å². The van der Waals surface area contributed by atoms with Gasteiger partial charge in [-0.25, -0.2) is 4.79 Å². The lowest BCUT2D eigenvalue weighted by molar-refractivity contribution is 0.195. The zero-order valence-corrected chi connectivity index (χ0v) is 16.9.